The van der Waals surface area contributed by atoms with Crippen LogP contribution in [-0.4, -0.2) is 29.2 Å². The second-order valence-corrected chi connectivity index (χ2v) is 3.69. The summed E-state index contributed by atoms with van der Waals surface area (Å²) in [5.74, 6) is -0.166. The number of nitrogens with zero attached hydrogens (tertiary/aromatic N) is 2. The molecule has 0 aliphatic carbocycles. The number of pyridine rings is 1. The first-order valence-corrected chi connectivity index (χ1v) is 5.51. The number of anilines is 1. The second-order valence-electron chi connectivity index (χ2n) is 3.69. The molecule has 2 aromatic heterocycles. The van der Waals surface area contributed by atoms with Gasteiger partial charge in [0, 0.05) is 13.3 Å². The number of aromatic nitrogens is 2. The molecule has 5 nitrogen and oxygen atoms in total. The standard InChI is InChI=1S/C12H15N3O2/c1-3-9-12(13-11(16)8-17-2)10-6-4-5-7-15(10)14-9/h4-7H,3,8H2,1-2H3,(H,13,16). The number of ether oxygens (including phenoxy) is 1. The first-order valence-electron chi connectivity index (χ1n) is 5.51. The fraction of sp³-hybridized carbons (Fsp3) is 0.333. The lowest BCUT2D eigenvalue weighted by Gasteiger charge is -2.04. The van der Waals surface area contributed by atoms with Crippen LogP contribution in [0.1, 0.15) is 12.6 Å². The van der Waals surface area contributed by atoms with Crippen LogP contribution in [0, 0.1) is 0 Å². The van der Waals surface area contributed by atoms with Crippen LogP contribution in [0.3, 0.4) is 0 Å². The maximum absolute atomic E-state index is 11.5. The molecule has 0 fully saturated rings. The number of aryl methyl sites for hydroxylation is 1. The first-order chi connectivity index (χ1) is 8.26. The zero-order valence-corrected chi connectivity index (χ0v) is 9.93. The minimum absolute atomic E-state index is 0.0489. The molecule has 0 spiro atoms. The molecule has 17 heavy (non-hydrogen) atoms. The molecule has 0 atom stereocenters. The van der Waals surface area contributed by atoms with Gasteiger partial charge in [0.15, 0.2) is 0 Å². The smallest absolute Gasteiger partial charge is 0.250 e. The van der Waals surface area contributed by atoms with Crippen LogP contribution in [0.15, 0.2) is 24.4 Å². The third kappa shape index (κ3) is 2.29. The number of carbonyl (C=O) groups is 1. The Bertz CT molecular complexity index is 534. The van der Waals surface area contributed by atoms with E-state index in [1.165, 1.54) is 7.11 Å². The van der Waals surface area contributed by atoms with Crippen LogP contribution in [0.4, 0.5) is 5.69 Å². The van der Waals surface area contributed by atoms with E-state index in [1.807, 2.05) is 31.3 Å². The van der Waals surface area contributed by atoms with E-state index in [0.29, 0.717) is 0 Å². The van der Waals surface area contributed by atoms with Crippen LogP contribution < -0.4 is 5.32 Å². The highest BCUT2D eigenvalue weighted by Gasteiger charge is 2.13. The van der Waals surface area contributed by atoms with E-state index in [-0.39, 0.29) is 12.5 Å². The van der Waals surface area contributed by atoms with Crippen LogP contribution in [0.2, 0.25) is 0 Å². The van der Waals surface area contributed by atoms with Gasteiger partial charge in [-0.25, -0.2) is 4.52 Å². The van der Waals surface area contributed by atoms with E-state index in [9.17, 15) is 4.79 Å². The zero-order valence-electron chi connectivity index (χ0n) is 9.93. The third-order valence-corrected chi connectivity index (χ3v) is 2.49. The molecule has 0 saturated carbocycles. The van der Waals surface area contributed by atoms with Crippen LogP contribution in [-0.2, 0) is 16.0 Å². The number of rotatable bonds is 4. The Hall–Kier alpha value is -1.88. The monoisotopic (exact) mass is 233 g/mol. The fourth-order valence-electron chi connectivity index (χ4n) is 1.74. The van der Waals surface area contributed by atoms with Crippen molar-refractivity contribution in [3.63, 3.8) is 0 Å². The van der Waals surface area contributed by atoms with Gasteiger partial charge < -0.3 is 10.1 Å². The van der Waals surface area contributed by atoms with E-state index < -0.39 is 0 Å². The van der Waals surface area contributed by atoms with Crippen LogP contribution in [0.25, 0.3) is 5.52 Å². The Morgan fingerprint density at radius 3 is 3.06 bits per heavy atom. The average Bonchev–Trinajstić information content (AvgIpc) is 2.68. The van der Waals surface area contributed by atoms with E-state index in [2.05, 4.69) is 10.4 Å². The molecule has 0 radical (unpaired) electrons. The van der Waals surface area contributed by atoms with Crippen molar-refractivity contribution in [1.29, 1.82) is 0 Å². The summed E-state index contributed by atoms with van der Waals surface area (Å²) >= 11 is 0. The summed E-state index contributed by atoms with van der Waals surface area (Å²) in [7, 11) is 1.50. The molecule has 1 N–H and O–H groups in total. The Kier molecular flexibility index (Phi) is 3.39. The molecule has 5 heteroatoms. The van der Waals surface area contributed by atoms with Crippen molar-refractivity contribution < 1.29 is 9.53 Å². The number of hydrogen-bond donors (Lipinski definition) is 1. The topological polar surface area (TPSA) is 55.6 Å². The molecule has 2 aromatic rings. The van der Waals surface area contributed by atoms with E-state index in [0.717, 1.165) is 23.3 Å². The maximum atomic E-state index is 11.5. The van der Waals surface area contributed by atoms with E-state index in [1.54, 1.807) is 4.52 Å². The number of carbonyl (C=O) groups excluding carboxylic acids is 1. The molecule has 0 aliphatic heterocycles. The normalized spacial score (nSPS) is 10.7. The number of hydrogen-bond acceptors (Lipinski definition) is 3. The highest BCUT2D eigenvalue weighted by molar-refractivity contribution is 5.96. The Morgan fingerprint density at radius 2 is 2.35 bits per heavy atom. The van der Waals surface area contributed by atoms with Gasteiger partial charge in [0.05, 0.1) is 16.9 Å². The molecule has 0 saturated heterocycles. The van der Waals surface area contributed by atoms with Crippen molar-refractivity contribution in [2.24, 2.45) is 0 Å². The van der Waals surface area contributed by atoms with Gasteiger partial charge in [-0.1, -0.05) is 13.0 Å². The number of methoxy groups -OCH3 is 1. The number of fused-ring (bicyclic) bond motifs is 1. The van der Waals surface area contributed by atoms with Gasteiger partial charge in [-0.2, -0.15) is 5.10 Å². The fourth-order valence-corrected chi connectivity index (χ4v) is 1.74. The van der Waals surface area contributed by atoms with Gasteiger partial charge in [-0.3, -0.25) is 4.79 Å². The van der Waals surface area contributed by atoms with Gasteiger partial charge >= 0.3 is 0 Å². The van der Waals surface area contributed by atoms with Gasteiger partial charge in [0.25, 0.3) is 0 Å². The lowest BCUT2D eigenvalue weighted by atomic mass is 10.2. The lowest BCUT2D eigenvalue weighted by molar-refractivity contribution is -0.119. The zero-order chi connectivity index (χ0) is 12.3. The minimum Gasteiger partial charge on any atom is -0.375 e. The van der Waals surface area contributed by atoms with Gasteiger partial charge in [-0.05, 0) is 18.6 Å². The summed E-state index contributed by atoms with van der Waals surface area (Å²) in [6.07, 6.45) is 2.63. The molecule has 0 unspecified atom stereocenters. The summed E-state index contributed by atoms with van der Waals surface area (Å²) in [5.41, 5.74) is 2.55. The van der Waals surface area contributed by atoms with Crippen molar-refractivity contribution in [3.8, 4) is 0 Å². The lowest BCUT2D eigenvalue weighted by Crippen LogP contribution is -2.17. The molecule has 0 bridgehead atoms. The molecule has 0 aliphatic rings. The summed E-state index contributed by atoms with van der Waals surface area (Å²) in [5, 5.41) is 7.24. The summed E-state index contributed by atoms with van der Waals surface area (Å²) in [6, 6.07) is 5.75. The predicted molar refractivity (Wildman–Crippen MR) is 65.1 cm³/mol. The number of amides is 1. The van der Waals surface area contributed by atoms with Crippen molar-refractivity contribution in [2.45, 2.75) is 13.3 Å². The molecule has 2 rings (SSSR count). The van der Waals surface area contributed by atoms with Crippen LogP contribution in [0.5, 0.6) is 0 Å². The Morgan fingerprint density at radius 1 is 1.53 bits per heavy atom. The quantitative estimate of drug-likeness (QED) is 0.870. The van der Waals surface area contributed by atoms with Crippen molar-refractivity contribution in [2.75, 3.05) is 19.0 Å². The summed E-state index contributed by atoms with van der Waals surface area (Å²) in [4.78, 5) is 11.5. The van der Waals surface area contributed by atoms with Gasteiger partial charge in [0.2, 0.25) is 5.91 Å². The molecular weight excluding hydrogens is 218 g/mol. The van der Waals surface area contributed by atoms with E-state index >= 15 is 0 Å². The summed E-state index contributed by atoms with van der Waals surface area (Å²) < 4.78 is 6.56. The predicted octanol–water partition coefficient (Wildman–Crippen LogP) is 1.48. The first kappa shape index (κ1) is 11.6. The molecule has 90 valence electrons. The van der Waals surface area contributed by atoms with Crippen molar-refractivity contribution >= 4 is 17.1 Å². The number of nitrogens with one attached hydrogen (secondary N) is 1. The molecule has 2 heterocycles. The summed E-state index contributed by atoms with van der Waals surface area (Å²) in [6.45, 7) is 2.06. The van der Waals surface area contributed by atoms with Crippen molar-refractivity contribution in [1.82, 2.24) is 9.61 Å². The molecule has 1 amide bonds. The largest absolute Gasteiger partial charge is 0.375 e. The Labute approximate surface area is 99.4 Å². The van der Waals surface area contributed by atoms with Crippen LogP contribution >= 0.6 is 0 Å². The second kappa shape index (κ2) is 4.97. The average molecular weight is 233 g/mol. The highest BCUT2D eigenvalue weighted by Crippen LogP contribution is 2.22. The van der Waals surface area contributed by atoms with E-state index in [4.69, 9.17) is 4.74 Å². The minimum atomic E-state index is -0.166. The van der Waals surface area contributed by atoms with Crippen molar-refractivity contribution in [3.05, 3.63) is 30.1 Å². The SMILES string of the molecule is CCc1nn2ccccc2c1NC(=O)COC. The van der Waals surface area contributed by atoms with Gasteiger partial charge in [-0.15, -0.1) is 0 Å². The Balaban J connectivity index is 2.39. The maximum Gasteiger partial charge on any atom is 0.250 e. The molecular formula is C12H15N3O2. The highest BCUT2D eigenvalue weighted by atomic mass is 16.5. The molecule has 0 aromatic carbocycles. The third-order valence-electron chi connectivity index (χ3n) is 2.49. The van der Waals surface area contributed by atoms with Gasteiger partial charge in [0.1, 0.15) is 6.61 Å².